The molecule has 3 rings (SSSR count). The zero-order chi connectivity index (χ0) is 16.9. The number of hydrogen-bond acceptors (Lipinski definition) is 5. The summed E-state index contributed by atoms with van der Waals surface area (Å²) in [5, 5.41) is 11.3. The average molecular weight is 341 g/mol. The fourth-order valence-corrected chi connectivity index (χ4v) is 3.20. The summed E-state index contributed by atoms with van der Waals surface area (Å²) in [6, 6.07) is 11.8. The minimum Gasteiger partial charge on any atom is -0.351 e. The Morgan fingerprint density at radius 1 is 1.25 bits per heavy atom. The van der Waals surface area contributed by atoms with E-state index in [2.05, 4.69) is 20.0 Å². The van der Waals surface area contributed by atoms with E-state index in [-0.39, 0.29) is 5.91 Å². The summed E-state index contributed by atoms with van der Waals surface area (Å²) < 4.78 is 5.89. The second kappa shape index (κ2) is 7.35. The van der Waals surface area contributed by atoms with Crippen LogP contribution in [0.25, 0.3) is 10.4 Å². The molecule has 0 unspecified atom stereocenters. The summed E-state index contributed by atoms with van der Waals surface area (Å²) in [5.74, 6) is -0.184. The van der Waals surface area contributed by atoms with E-state index in [1.807, 2.05) is 54.9 Å². The van der Waals surface area contributed by atoms with Crippen molar-refractivity contribution in [3.63, 3.8) is 0 Å². The molecular formula is C17H19N5OS. The number of amides is 1. The molecule has 0 bridgehead atoms. The quantitative estimate of drug-likeness (QED) is 0.700. The Labute approximate surface area is 144 Å². The molecule has 2 aromatic heterocycles. The lowest BCUT2D eigenvalue weighted by atomic mass is 10.1. The molecule has 2 heterocycles. The highest BCUT2D eigenvalue weighted by molar-refractivity contribution is 7.09. The van der Waals surface area contributed by atoms with Crippen molar-refractivity contribution in [3.05, 3.63) is 53.5 Å². The van der Waals surface area contributed by atoms with E-state index in [9.17, 15) is 4.79 Å². The maximum absolute atomic E-state index is 12.4. The van der Waals surface area contributed by atoms with Gasteiger partial charge in [-0.3, -0.25) is 9.48 Å². The number of carbonyl (C=O) groups is 1. The van der Waals surface area contributed by atoms with E-state index in [1.54, 1.807) is 0 Å². The lowest BCUT2D eigenvalue weighted by Crippen LogP contribution is -2.26. The normalized spacial score (nSPS) is 10.8. The highest BCUT2D eigenvalue weighted by atomic mass is 32.1. The second-order valence-electron chi connectivity index (χ2n) is 5.58. The molecule has 124 valence electrons. The standard InChI is InChI=1S/C17H19N5OS/c1-12-11-13(2)22(20-12)10-6-9-18-17(23)15-16(24-21-19-15)14-7-4-3-5-8-14/h3-5,7-8,11H,6,9-10H2,1-2H3,(H,18,23). The minimum atomic E-state index is -0.184. The van der Waals surface area contributed by atoms with E-state index in [0.717, 1.165) is 34.8 Å². The van der Waals surface area contributed by atoms with Crippen LogP contribution in [0.5, 0.6) is 0 Å². The predicted molar refractivity (Wildman–Crippen MR) is 94.0 cm³/mol. The van der Waals surface area contributed by atoms with Gasteiger partial charge in [0.25, 0.3) is 5.91 Å². The van der Waals surface area contributed by atoms with Crippen molar-refractivity contribution in [2.75, 3.05) is 6.54 Å². The summed E-state index contributed by atoms with van der Waals surface area (Å²) in [7, 11) is 0. The topological polar surface area (TPSA) is 72.7 Å². The predicted octanol–water partition coefficient (Wildman–Crippen LogP) is 2.84. The van der Waals surface area contributed by atoms with E-state index in [4.69, 9.17) is 0 Å². The molecule has 3 aromatic rings. The third-order valence-corrected chi connectivity index (χ3v) is 4.45. The van der Waals surface area contributed by atoms with Crippen molar-refractivity contribution < 1.29 is 4.79 Å². The SMILES string of the molecule is Cc1cc(C)n(CCCNC(=O)c2nnsc2-c2ccccc2)n1. The third-order valence-electron chi connectivity index (χ3n) is 3.67. The van der Waals surface area contributed by atoms with Crippen molar-refractivity contribution in [1.29, 1.82) is 0 Å². The smallest absolute Gasteiger partial charge is 0.273 e. The van der Waals surface area contributed by atoms with Gasteiger partial charge in [-0.2, -0.15) is 5.10 Å². The average Bonchev–Trinajstić information content (AvgIpc) is 3.19. The van der Waals surface area contributed by atoms with Crippen LogP contribution in [0.15, 0.2) is 36.4 Å². The van der Waals surface area contributed by atoms with E-state index >= 15 is 0 Å². The Morgan fingerprint density at radius 3 is 2.75 bits per heavy atom. The molecule has 0 saturated heterocycles. The van der Waals surface area contributed by atoms with Crippen molar-refractivity contribution in [3.8, 4) is 10.4 Å². The first-order valence-electron chi connectivity index (χ1n) is 7.82. The monoisotopic (exact) mass is 341 g/mol. The van der Waals surface area contributed by atoms with Crippen LogP contribution in [0.4, 0.5) is 0 Å². The van der Waals surface area contributed by atoms with Crippen molar-refractivity contribution >= 4 is 17.4 Å². The lowest BCUT2D eigenvalue weighted by Gasteiger charge is -2.06. The Hall–Kier alpha value is -2.54. The number of carbonyl (C=O) groups excluding carboxylic acids is 1. The van der Waals surface area contributed by atoms with Gasteiger partial charge in [-0.05, 0) is 43.4 Å². The Balaban J connectivity index is 1.56. The zero-order valence-electron chi connectivity index (χ0n) is 13.7. The Morgan fingerprint density at radius 2 is 2.04 bits per heavy atom. The molecular weight excluding hydrogens is 322 g/mol. The molecule has 6 nitrogen and oxygen atoms in total. The summed E-state index contributed by atoms with van der Waals surface area (Å²) in [6.45, 7) is 5.36. The Kier molecular flexibility index (Phi) is 5.00. The molecule has 1 N–H and O–H groups in total. The van der Waals surface area contributed by atoms with Gasteiger partial charge in [-0.1, -0.05) is 34.8 Å². The van der Waals surface area contributed by atoms with Gasteiger partial charge in [0.15, 0.2) is 5.69 Å². The first-order valence-corrected chi connectivity index (χ1v) is 8.59. The fraction of sp³-hybridized carbons (Fsp3) is 0.294. The molecule has 7 heteroatoms. The van der Waals surface area contributed by atoms with Crippen LogP contribution in [0.3, 0.4) is 0 Å². The van der Waals surface area contributed by atoms with Gasteiger partial charge in [0.05, 0.1) is 10.6 Å². The van der Waals surface area contributed by atoms with Crippen molar-refractivity contribution in [2.45, 2.75) is 26.8 Å². The summed E-state index contributed by atoms with van der Waals surface area (Å²) in [6.07, 6.45) is 0.811. The maximum atomic E-state index is 12.4. The number of rotatable bonds is 6. The molecule has 0 radical (unpaired) electrons. The molecule has 0 fully saturated rings. The minimum absolute atomic E-state index is 0.184. The third kappa shape index (κ3) is 3.68. The number of aryl methyl sites for hydroxylation is 3. The van der Waals surface area contributed by atoms with E-state index in [0.29, 0.717) is 12.2 Å². The number of benzene rings is 1. The maximum Gasteiger partial charge on any atom is 0.273 e. The highest BCUT2D eigenvalue weighted by Crippen LogP contribution is 2.25. The molecule has 0 aliphatic carbocycles. The summed E-state index contributed by atoms with van der Waals surface area (Å²) >= 11 is 1.24. The first kappa shape index (κ1) is 16.3. The summed E-state index contributed by atoms with van der Waals surface area (Å²) in [4.78, 5) is 13.2. The molecule has 0 aliphatic rings. The fourth-order valence-electron chi connectivity index (χ4n) is 2.53. The lowest BCUT2D eigenvalue weighted by molar-refractivity contribution is 0.0948. The van der Waals surface area contributed by atoms with Gasteiger partial charge in [0, 0.05) is 18.8 Å². The second-order valence-corrected chi connectivity index (χ2v) is 6.33. The van der Waals surface area contributed by atoms with Gasteiger partial charge in [0.1, 0.15) is 0 Å². The number of nitrogens with zero attached hydrogens (tertiary/aromatic N) is 4. The molecule has 0 atom stereocenters. The molecule has 0 spiro atoms. The van der Waals surface area contributed by atoms with Gasteiger partial charge >= 0.3 is 0 Å². The molecule has 1 aromatic carbocycles. The molecule has 24 heavy (non-hydrogen) atoms. The van der Waals surface area contributed by atoms with Crippen LogP contribution in [-0.4, -0.2) is 31.8 Å². The van der Waals surface area contributed by atoms with Crippen LogP contribution in [0, 0.1) is 13.8 Å². The highest BCUT2D eigenvalue weighted by Gasteiger charge is 2.17. The summed E-state index contributed by atoms with van der Waals surface area (Å²) in [5.41, 5.74) is 3.49. The number of nitrogens with one attached hydrogen (secondary N) is 1. The van der Waals surface area contributed by atoms with Gasteiger partial charge in [-0.15, -0.1) is 5.10 Å². The van der Waals surface area contributed by atoms with Gasteiger partial charge < -0.3 is 5.32 Å². The number of hydrogen-bond donors (Lipinski definition) is 1. The van der Waals surface area contributed by atoms with Gasteiger partial charge in [0.2, 0.25) is 0 Å². The van der Waals surface area contributed by atoms with Gasteiger partial charge in [-0.25, -0.2) is 0 Å². The van der Waals surface area contributed by atoms with Crippen LogP contribution < -0.4 is 5.32 Å². The van der Waals surface area contributed by atoms with E-state index < -0.39 is 0 Å². The largest absolute Gasteiger partial charge is 0.351 e. The first-order chi connectivity index (χ1) is 11.6. The van der Waals surface area contributed by atoms with Crippen LogP contribution in [0.1, 0.15) is 28.3 Å². The van der Waals surface area contributed by atoms with Crippen LogP contribution in [0.2, 0.25) is 0 Å². The molecule has 0 aliphatic heterocycles. The Bertz CT molecular complexity index is 825. The van der Waals surface area contributed by atoms with Crippen molar-refractivity contribution in [1.82, 2.24) is 24.7 Å². The zero-order valence-corrected chi connectivity index (χ0v) is 14.5. The molecule has 0 saturated carbocycles. The number of aromatic nitrogens is 4. The van der Waals surface area contributed by atoms with Crippen LogP contribution in [-0.2, 0) is 6.54 Å². The van der Waals surface area contributed by atoms with Crippen molar-refractivity contribution in [2.24, 2.45) is 0 Å². The van der Waals surface area contributed by atoms with E-state index in [1.165, 1.54) is 11.5 Å². The molecule has 1 amide bonds. The van der Waals surface area contributed by atoms with Crippen LogP contribution >= 0.6 is 11.5 Å².